The van der Waals surface area contributed by atoms with Gasteiger partial charge in [-0.15, -0.1) is 0 Å². The molecule has 0 unspecified atom stereocenters. The fraction of sp³-hybridized carbons (Fsp3) is 0.481. The first-order valence-corrected chi connectivity index (χ1v) is 14.9. The summed E-state index contributed by atoms with van der Waals surface area (Å²) in [7, 11) is -3.56. The zero-order valence-corrected chi connectivity index (χ0v) is 24.7. The van der Waals surface area contributed by atoms with Gasteiger partial charge in [0.2, 0.25) is 21.8 Å². The molecule has 2 amide bonds. The summed E-state index contributed by atoms with van der Waals surface area (Å²) in [5.41, 5.74) is 3.03. The number of anilines is 1. The van der Waals surface area contributed by atoms with Crippen LogP contribution in [0.5, 0.6) is 0 Å². The number of benzene rings is 2. The molecule has 7 nitrogen and oxygen atoms in total. The molecule has 0 heterocycles. The number of hydrogen-bond donors (Lipinski definition) is 1. The van der Waals surface area contributed by atoms with Crippen LogP contribution in [0.3, 0.4) is 0 Å². The minimum atomic E-state index is -3.56. The van der Waals surface area contributed by atoms with Gasteiger partial charge >= 0.3 is 0 Å². The third-order valence-corrected chi connectivity index (χ3v) is 7.76. The Hall–Kier alpha value is -2.29. The molecule has 0 saturated carbocycles. The number of carbonyl (C=O) groups excluding carboxylic acids is 2. The quantitative estimate of drug-likeness (QED) is 0.373. The van der Waals surface area contributed by atoms with Gasteiger partial charge in [0.05, 0.1) is 11.9 Å². The van der Waals surface area contributed by atoms with Crippen molar-refractivity contribution in [2.75, 3.05) is 23.7 Å². The molecule has 0 aliphatic carbocycles. The number of halogens is 2. The van der Waals surface area contributed by atoms with E-state index in [1.807, 2.05) is 45.9 Å². The van der Waals surface area contributed by atoms with E-state index < -0.39 is 16.1 Å². The molecule has 0 bridgehead atoms. The van der Waals surface area contributed by atoms with Gasteiger partial charge in [0.1, 0.15) is 6.04 Å². The third-order valence-electron chi connectivity index (χ3n) is 5.99. The van der Waals surface area contributed by atoms with Crippen molar-refractivity contribution in [3.63, 3.8) is 0 Å². The third kappa shape index (κ3) is 9.20. The van der Waals surface area contributed by atoms with Crippen LogP contribution < -0.4 is 9.62 Å². The maximum Gasteiger partial charge on any atom is 0.242 e. The SMILES string of the molecule is Cc1ccc(C)c(N(CCCC(=O)N(Cc2ccc(Cl)cc2Cl)[C@@H](C)C(=O)NCC(C)C)S(C)(=O)=O)c1. The highest BCUT2D eigenvalue weighted by Crippen LogP contribution is 2.26. The van der Waals surface area contributed by atoms with E-state index >= 15 is 0 Å². The number of nitrogens with zero attached hydrogens (tertiary/aromatic N) is 2. The van der Waals surface area contributed by atoms with Crippen LogP contribution >= 0.6 is 23.2 Å². The van der Waals surface area contributed by atoms with Crippen molar-refractivity contribution >= 4 is 50.7 Å². The second-order valence-corrected chi connectivity index (χ2v) is 12.6. The van der Waals surface area contributed by atoms with Gasteiger partial charge in [-0.25, -0.2) is 8.42 Å². The van der Waals surface area contributed by atoms with Crippen LogP contribution in [-0.4, -0.2) is 50.5 Å². The summed E-state index contributed by atoms with van der Waals surface area (Å²) >= 11 is 12.4. The van der Waals surface area contributed by atoms with Gasteiger partial charge in [-0.1, -0.05) is 55.2 Å². The first-order chi connectivity index (χ1) is 17.2. The van der Waals surface area contributed by atoms with Crippen LogP contribution in [-0.2, 0) is 26.2 Å². The number of hydrogen-bond acceptors (Lipinski definition) is 4. The van der Waals surface area contributed by atoms with Crippen molar-refractivity contribution in [2.24, 2.45) is 5.92 Å². The Kier molecular flexibility index (Phi) is 11.3. The van der Waals surface area contributed by atoms with E-state index in [4.69, 9.17) is 23.2 Å². The molecule has 1 N–H and O–H groups in total. The monoisotopic (exact) mass is 569 g/mol. The number of nitrogens with one attached hydrogen (secondary N) is 1. The summed E-state index contributed by atoms with van der Waals surface area (Å²) in [6.07, 6.45) is 1.50. The van der Waals surface area contributed by atoms with Gasteiger partial charge in [0.25, 0.3) is 0 Å². The largest absolute Gasteiger partial charge is 0.354 e. The first kappa shape index (κ1) is 30.9. The van der Waals surface area contributed by atoms with Crippen LogP contribution in [0, 0.1) is 19.8 Å². The van der Waals surface area contributed by atoms with Crippen LogP contribution in [0.2, 0.25) is 10.0 Å². The lowest BCUT2D eigenvalue weighted by Gasteiger charge is -2.30. The second kappa shape index (κ2) is 13.5. The fourth-order valence-corrected chi connectivity index (χ4v) is 5.32. The highest BCUT2D eigenvalue weighted by atomic mass is 35.5. The summed E-state index contributed by atoms with van der Waals surface area (Å²) in [5, 5.41) is 3.75. The Bertz CT molecular complexity index is 1220. The van der Waals surface area contributed by atoms with E-state index in [1.54, 1.807) is 25.1 Å². The molecule has 10 heteroatoms. The lowest BCUT2D eigenvalue weighted by molar-refractivity contribution is -0.140. The topological polar surface area (TPSA) is 86.8 Å². The van der Waals surface area contributed by atoms with Crippen LogP contribution in [0.4, 0.5) is 5.69 Å². The van der Waals surface area contributed by atoms with Gasteiger partial charge < -0.3 is 10.2 Å². The molecular formula is C27H37Cl2N3O4S. The van der Waals surface area contributed by atoms with Crippen molar-refractivity contribution in [1.82, 2.24) is 10.2 Å². The van der Waals surface area contributed by atoms with Crippen LogP contribution in [0.15, 0.2) is 36.4 Å². The minimum Gasteiger partial charge on any atom is -0.354 e. The highest BCUT2D eigenvalue weighted by molar-refractivity contribution is 7.92. The Balaban J connectivity index is 2.23. The van der Waals surface area contributed by atoms with E-state index in [9.17, 15) is 18.0 Å². The number of aryl methyl sites for hydroxylation is 2. The number of rotatable bonds is 12. The first-order valence-electron chi connectivity index (χ1n) is 12.3. The molecule has 0 saturated heterocycles. The summed E-state index contributed by atoms with van der Waals surface area (Å²) in [5.74, 6) is -0.272. The van der Waals surface area contributed by atoms with Crippen molar-refractivity contribution in [3.05, 3.63) is 63.1 Å². The van der Waals surface area contributed by atoms with Gasteiger partial charge in [0.15, 0.2) is 0 Å². The van der Waals surface area contributed by atoms with E-state index in [0.29, 0.717) is 27.8 Å². The lowest BCUT2D eigenvalue weighted by atomic mass is 10.1. The standard InChI is InChI=1S/C27H37Cl2N3O4S/c1-18(2)16-30-27(34)21(5)31(17-22-11-12-23(28)15-24(22)29)26(33)8-7-13-32(37(6,35)36)25-14-19(3)9-10-20(25)4/h9-12,14-15,18,21H,7-8,13,16-17H2,1-6H3,(H,30,34)/t21-/m0/s1. The zero-order valence-electron chi connectivity index (χ0n) is 22.3. The normalized spacial score (nSPS) is 12.4. The van der Waals surface area contributed by atoms with E-state index in [0.717, 1.165) is 17.4 Å². The van der Waals surface area contributed by atoms with Crippen molar-refractivity contribution in [3.8, 4) is 0 Å². The summed E-state index contributed by atoms with van der Waals surface area (Å²) in [6, 6.07) is 9.89. The van der Waals surface area contributed by atoms with Crippen molar-refractivity contribution in [2.45, 2.75) is 60.0 Å². The van der Waals surface area contributed by atoms with Crippen molar-refractivity contribution < 1.29 is 18.0 Å². The van der Waals surface area contributed by atoms with Gasteiger partial charge in [-0.2, -0.15) is 0 Å². The number of carbonyl (C=O) groups is 2. The molecule has 2 aromatic rings. The smallest absolute Gasteiger partial charge is 0.242 e. The molecule has 0 radical (unpaired) electrons. The van der Waals surface area contributed by atoms with E-state index in [1.165, 1.54) is 9.21 Å². The van der Waals surface area contributed by atoms with Gasteiger partial charge in [0, 0.05) is 36.1 Å². The molecule has 37 heavy (non-hydrogen) atoms. The summed E-state index contributed by atoms with van der Waals surface area (Å²) in [6.45, 7) is 10.2. The van der Waals surface area contributed by atoms with Crippen LogP contribution in [0.1, 0.15) is 50.3 Å². The van der Waals surface area contributed by atoms with Gasteiger partial charge in [-0.3, -0.25) is 13.9 Å². The predicted octanol–water partition coefficient (Wildman–Crippen LogP) is 5.35. The van der Waals surface area contributed by atoms with Crippen LogP contribution in [0.25, 0.3) is 0 Å². The molecule has 0 spiro atoms. The Morgan fingerprint density at radius 3 is 2.30 bits per heavy atom. The Labute approximate surface area is 231 Å². The number of sulfonamides is 1. The summed E-state index contributed by atoms with van der Waals surface area (Å²) < 4.78 is 26.5. The predicted molar refractivity (Wildman–Crippen MR) is 152 cm³/mol. The molecule has 0 aliphatic rings. The number of amides is 2. The molecule has 2 aromatic carbocycles. The van der Waals surface area contributed by atoms with Crippen molar-refractivity contribution in [1.29, 1.82) is 0 Å². The fourth-order valence-electron chi connectivity index (χ4n) is 3.84. The molecule has 2 rings (SSSR count). The van der Waals surface area contributed by atoms with Gasteiger partial charge in [-0.05, 0) is 68.0 Å². The Morgan fingerprint density at radius 1 is 1.03 bits per heavy atom. The molecule has 204 valence electrons. The molecule has 0 aliphatic heterocycles. The Morgan fingerprint density at radius 2 is 1.70 bits per heavy atom. The molecule has 1 atom stereocenters. The molecule has 0 aromatic heterocycles. The average molecular weight is 571 g/mol. The molecule has 0 fully saturated rings. The molecular weight excluding hydrogens is 533 g/mol. The second-order valence-electron chi connectivity index (χ2n) is 9.80. The average Bonchev–Trinajstić information content (AvgIpc) is 2.80. The summed E-state index contributed by atoms with van der Waals surface area (Å²) in [4.78, 5) is 27.7. The van der Waals surface area contributed by atoms with E-state index in [2.05, 4.69) is 5.32 Å². The van der Waals surface area contributed by atoms with E-state index in [-0.39, 0.29) is 43.7 Å². The zero-order chi connectivity index (χ0) is 27.9. The lowest BCUT2D eigenvalue weighted by Crippen LogP contribution is -2.48. The maximum absolute atomic E-state index is 13.4. The minimum absolute atomic E-state index is 0.0594. The maximum atomic E-state index is 13.4. The highest BCUT2D eigenvalue weighted by Gasteiger charge is 2.27.